The molecule has 2 heterocycles. The molecular weight excluding hydrogens is 278 g/mol. The maximum Gasteiger partial charge on any atom is 0.195 e. The predicted molar refractivity (Wildman–Crippen MR) is 70.4 cm³/mol. The van der Waals surface area contributed by atoms with E-state index in [-0.39, 0.29) is 17.1 Å². The maximum absolute atomic E-state index is 11.4. The summed E-state index contributed by atoms with van der Waals surface area (Å²) in [5.41, 5.74) is 0.524. The van der Waals surface area contributed by atoms with Gasteiger partial charge in [-0.2, -0.15) is 15.6 Å². The molecule has 0 bridgehead atoms. The largest absolute Gasteiger partial charge is 0.595 e. The third-order valence-corrected chi connectivity index (χ3v) is 3.03. The second kappa shape index (κ2) is 5.18. The molecule has 9 heteroatoms. The Balaban J connectivity index is 2.22. The van der Waals surface area contributed by atoms with Crippen LogP contribution in [-0.4, -0.2) is 25.2 Å². The van der Waals surface area contributed by atoms with Crippen molar-refractivity contribution in [3.05, 3.63) is 53.1 Å². The van der Waals surface area contributed by atoms with Gasteiger partial charge in [-0.3, -0.25) is 0 Å². The molecule has 0 amide bonds. The normalized spacial score (nSPS) is 14.3. The van der Waals surface area contributed by atoms with Gasteiger partial charge < -0.3 is 10.4 Å². The van der Waals surface area contributed by atoms with Crippen LogP contribution in [0.4, 0.5) is 11.4 Å². The lowest BCUT2D eigenvalue weighted by atomic mass is 10.2. The molecule has 2 unspecified atom stereocenters. The number of fused-ring (bicyclic) bond motifs is 1. The zero-order chi connectivity index (χ0) is 15.0. The van der Waals surface area contributed by atoms with Gasteiger partial charge in [0.2, 0.25) is 0 Å². The Bertz CT molecular complexity index is 786. The second-order valence-electron chi connectivity index (χ2n) is 4.31. The predicted octanol–water partition coefficient (Wildman–Crippen LogP) is -0.773. The Hall–Kier alpha value is -2.40. The van der Waals surface area contributed by atoms with Crippen LogP contribution in [0.25, 0.3) is 16.7 Å². The molecule has 2 aromatic heterocycles. The van der Waals surface area contributed by atoms with Crippen LogP contribution < -0.4 is 10.5 Å². The highest BCUT2D eigenvalue weighted by Gasteiger charge is 2.17. The van der Waals surface area contributed by atoms with Crippen LogP contribution in [0.3, 0.4) is 0 Å². The number of nitrogens with one attached hydrogen (secondary N) is 2. The van der Waals surface area contributed by atoms with Crippen molar-refractivity contribution in [2.24, 2.45) is 0 Å². The zero-order valence-corrected chi connectivity index (χ0v) is 10.6. The van der Waals surface area contributed by atoms with E-state index in [4.69, 9.17) is 5.21 Å². The molecule has 0 aliphatic heterocycles. The van der Waals surface area contributed by atoms with E-state index < -0.39 is 10.5 Å². The molecule has 0 spiro atoms. The van der Waals surface area contributed by atoms with E-state index in [1.807, 2.05) is 0 Å². The minimum absolute atomic E-state index is 0.0967. The lowest BCUT2D eigenvalue weighted by Crippen LogP contribution is -3.01. The van der Waals surface area contributed by atoms with Gasteiger partial charge in [-0.1, -0.05) is 0 Å². The number of quaternary nitrogens is 2. The van der Waals surface area contributed by atoms with E-state index in [1.165, 1.54) is 16.8 Å². The molecule has 3 aromatic rings. The lowest BCUT2D eigenvalue weighted by Gasteiger charge is -2.18. The number of benzene rings is 1. The SMILES string of the molecule is [O-][NH+](O)c1ccc(-n2ncc3cccnc32)c([NH+]([O-])O)c1. The van der Waals surface area contributed by atoms with E-state index in [1.54, 1.807) is 24.5 Å². The van der Waals surface area contributed by atoms with Crippen LogP contribution in [0.2, 0.25) is 0 Å². The van der Waals surface area contributed by atoms with Crippen LogP contribution in [0.5, 0.6) is 0 Å². The summed E-state index contributed by atoms with van der Waals surface area (Å²) >= 11 is 0. The third kappa shape index (κ3) is 2.36. The summed E-state index contributed by atoms with van der Waals surface area (Å²) in [5, 5.41) is 43.0. The van der Waals surface area contributed by atoms with Gasteiger partial charge >= 0.3 is 0 Å². The number of rotatable bonds is 3. The average Bonchev–Trinajstić information content (AvgIpc) is 2.90. The van der Waals surface area contributed by atoms with E-state index in [0.717, 1.165) is 11.5 Å². The van der Waals surface area contributed by atoms with Crippen molar-refractivity contribution in [2.45, 2.75) is 0 Å². The van der Waals surface area contributed by atoms with Crippen LogP contribution in [0.1, 0.15) is 0 Å². The van der Waals surface area contributed by atoms with Gasteiger partial charge in [0.1, 0.15) is 5.69 Å². The molecule has 9 nitrogen and oxygen atoms in total. The molecule has 0 aliphatic carbocycles. The van der Waals surface area contributed by atoms with Gasteiger partial charge in [-0.05, 0) is 18.2 Å². The number of hydrogen-bond acceptors (Lipinski definition) is 6. The van der Waals surface area contributed by atoms with E-state index >= 15 is 0 Å². The molecule has 0 aliphatic rings. The van der Waals surface area contributed by atoms with Gasteiger partial charge in [-0.25, -0.2) is 20.1 Å². The van der Waals surface area contributed by atoms with Gasteiger partial charge in [0.25, 0.3) is 0 Å². The summed E-state index contributed by atoms with van der Waals surface area (Å²) in [6.45, 7) is 0. The van der Waals surface area contributed by atoms with Crippen molar-refractivity contribution >= 4 is 22.4 Å². The zero-order valence-electron chi connectivity index (χ0n) is 10.6. The van der Waals surface area contributed by atoms with E-state index in [9.17, 15) is 15.6 Å². The Kier molecular flexibility index (Phi) is 3.35. The number of aromatic nitrogens is 3. The fraction of sp³-hybridized carbons (Fsp3) is 0. The highest BCUT2D eigenvalue weighted by Crippen LogP contribution is 2.22. The van der Waals surface area contributed by atoms with Crippen molar-refractivity contribution < 1.29 is 20.9 Å². The summed E-state index contributed by atoms with van der Waals surface area (Å²) in [6, 6.07) is 7.41. The highest BCUT2D eigenvalue weighted by atomic mass is 16.8. The molecule has 0 saturated heterocycles. The summed E-state index contributed by atoms with van der Waals surface area (Å²) < 4.78 is 1.38. The average molecular weight is 289 g/mol. The molecule has 2 atom stereocenters. The van der Waals surface area contributed by atoms with Crippen molar-refractivity contribution in [3.8, 4) is 5.69 Å². The molecule has 1 aromatic carbocycles. The molecular formula is C12H11N5O4. The number of hydrogen-bond donors (Lipinski definition) is 4. The first-order chi connectivity index (χ1) is 10.1. The monoisotopic (exact) mass is 289 g/mol. The number of nitrogens with zero attached hydrogens (tertiary/aromatic N) is 3. The minimum atomic E-state index is -1.23. The first-order valence-corrected chi connectivity index (χ1v) is 5.97. The van der Waals surface area contributed by atoms with Gasteiger partial charge in [0.05, 0.1) is 12.3 Å². The van der Waals surface area contributed by atoms with Crippen molar-refractivity contribution in [1.29, 1.82) is 0 Å². The van der Waals surface area contributed by atoms with Crippen LogP contribution >= 0.6 is 0 Å². The molecule has 0 fully saturated rings. The molecule has 0 radical (unpaired) electrons. The maximum atomic E-state index is 11.4. The fourth-order valence-corrected chi connectivity index (χ4v) is 2.06. The van der Waals surface area contributed by atoms with E-state index in [2.05, 4.69) is 10.1 Å². The Morgan fingerprint density at radius 3 is 2.62 bits per heavy atom. The van der Waals surface area contributed by atoms with Gasteiger partial charge in [0, 0.05) is 17.6 Å². The summed E-state index contributed by atoms with van der Waals surface area (Å²) in [5.74, 6) is 0. The summed E-state index contributed by atoms with van der Waals surface area (Å²) in [6.07, 6.45) is 3.14. The first kappa shape index (κ1) is 13.6. The highest BCUT2D eigenvalue weighted by molar-refractivity contribution is 5.77. The van der Waals surface area contributed by atoms with Crippen molar-refractivity contribution in [1.82, 2.24) is 14.8 Å². The first-order valence-electron chi connectivity index (χ1n) is 5.97. The molecule has 0 saturated carbocycles. The molecule has 21 heavy (non-hydrogen) atoms. The summed E-state index contributed by atoms with van der Waals surface area (Å²) in [4.78, 5) is 4.17. The van der Waals surface area contributed by atoms with Gasteiger partial charge in [0.15, 0.2) is 17.0 Å². The number of pyridine rings is 1. The Morgan fingerprint density at radius 1 is 1.10 bits per heavy atom. The molecule has 3 rings (SSSR count). The third-order valence-electron chi connectivity index (χ3n) is 3.03. The van der Waals surface area contributed by atoms with E-state index in [0.29, 0.717) is 5.65 Å². The fourth-order valence-electron chi connectivity index (χ4n) is 2.06. The van der Waals surface area contributed by atoms with Crippen molar-refractivity contribution in [2.75, 3.05) is 0 Å². The smallest absolute Gasteiger partial charge is 0.195 e. The lowest BCUT2D eigenvalue weighted by molar-refractivity contribution is -0.996. The topological polar surface area (TPSA) is 126 Å². The molecule has 4 N–H and O–H groups in total. The van der Waals surface area contributed by atoms with Crippen LogP contribution in [0, 0.1) is 10.4 Å². The standard InChI is InChI=1S/C12H11N5O4/c18-16(19)9-3-4-10(11(6-9)17(20)21)15-12-8(7-14-15)2-1-5-13-12/h1-7,16-18,20H. The van der Waals surface area contributed by atoms with Crippen molar-refractivity contribution in [3.63, 3.8) is 0 Å². The minimum Gasteiger partial charge on any atom is -0.595 e. The molecule has 108 valence electrons. The Morgan fingerprint density at radius 2 is 1.90 bits per heavy atom. The quantitative estimate of drug-likeness (QED) is 0.469. The van der Waals surface area contributed by atoms with Crippen LogP contribution in [-0.2, 0) is 0 Å². The Labute approximate surface area is 118 Å². The summed E-state index contributed by atoms with van der Waals surface area (Å²) in [7, 11) is 0. The second-order valence-corrected chi connectivity index (χ2v) is 4.31. The van der Waals surface area contributed by atoms with Gasteiger partial charge in [-0.15, -0.1) is 0 Å². The van der Waals surface area contributed by atoms with Crippen LogP contribution in [0.15, 0.2) is 42.7 Å².